The number of ether oxygens (including phenoxy) is 2. The second kappa shape index (κ2) is 11.4. The van der Waals surface area contributed by atoms with Crippen LogP contribution in [0.15, 0.2) is 78.4 Å². The standard InChI is InChI=1S/C27H26N2O3/c1-3-22-12-8-9-13-24(22)29-27(30)23(18-28)16-21-14-15-25(26(17-21)31-4-2)32-19-20-10-6-5-7-11-20/h5-17H,3-4,19H2,1-2H3,(H,29,30)/b23-16+. The monoisotopic (exact) mass is 426 g/mol. The predicted molar refractivity (Wildman–Crippen MR) is 126 cm³/mol. The van der Waals surface area contributed by atoms with E-state index >= 15 is 0 Å². The van der Waals surface area contributed by atoms with Crippen LogP contribution in [0.3, 0.4) is 0 Å². The summed E-state index contributed by atoms with van der Waals surface area (Å²) in [5, 5.41) is 12.4. The summed E-state index contributed by atoms with van der Waals surface area (Å²) < 4.78 is 11.7. The molecule has 3 rings (SSSR count). The molecule has 0 aliphatic carbocycles. The van der Waals surface area contributed by atoms with E-state index in [1.807, 2.05) is 74.5 Å². The molecular formula is C27H26N2O3. The number of para-hydroxylation sites is 1. The van der Waals surface area contributed by atoms with Crippen molar-refractivity contribution >= 4 is 17.7 Å². The number of rotatable bonds is 9. The largest absolute Gasteiger partial charge is 0.490 e. The lowest BCUT2D eigenvalue weighted by molar-refractivity contribution is -0.112. The third-order valence-corrected chi connectivity index (χ3v) is 4.83. The van der Waals surface area contributed by atoms with Gasteiger partial charge in [-0.05, 0) is 54.3 Å². The van der Waals surface area contributed by atoms with Crippen LogP contribution in [-0.4, -0.2) is 12.5 Å². The van der Waals surface area contributed by atoms with Crippen LogP contribution in [0, 0.1) is 11.3 Å². The number of hydrogen-bond donors (Lipinski definition) is 1. The third-order valence-electron chi connectivity index (χ3n) is 4.83. The average Bonchev–Trinajstić information content (AvgIpc) is 2.83. The molecule has 0 aliphatic heterocycles. The van der Waals surface area contributed by atoms with Crippen LogP contribution >= 0.6 is 0 Å². The molecule has 3 aromatic carbocycles. The van der Waals surface area contributed by atoms with Crippen molar-refractivity contribution in [2.45, 2.75) is 26.9 Å². The molecule has 0 atom stereocenters. The summed E-state index contributed by atoms with van der Waals surface area (Å²) in [4.78, 5) is 12.7. The fourth-order valence-electron chi connectivity index (χ4n) is 3.19. The van der Waals surface area contributed by atoms with E-state index in [1.54, 1.807) is 24.3 Å². The van der Waals surface area contributed by atoms with Crippen LogP contribution in [-0.2, 0) is 17.8 Å². The molecular weight excluding hydrogens is 400 g/mol. The molecule has 0 spiro atoms. The summed E-state index contributed by atoms with van der Waals surface area (Å²) in [6.07, 6.45) is 2.33. The summed E-state index contributed by atoms with van der Waals surface area (Å²) in [7, 11) is 0. The van der Waals surface area contributed by atoms with Gasteiger partial charge in [0.15, 0.2) is 11.5 Å². The molecule has 5 heteroatoms. The Bertz CT molecular complexity index is 1130. The van der Waals surface area contributed by atoms with Crippen LogP contribution in [0.25, 0.3) is 6.08 Å². The predicted octanol–water partition coefficient (Wildman–Crippen LogP) is 5.77. The second-order valence-electron chi connectivity index (χ2n) is 7.05. The van der Waals surface area contributed by atoms with Gasteiger partial charge in [0, 0.05) is 5.69 Å². The van der Waals surface area contributed by atoms with E-state index in [0.29, 0.717) is 36.0 Å². The van der Waals surface area contributed by atoms with Gasteiger partial charge < -0.3 is 14.8 Å². The Morgan fingerprint density at radius 1 is 0.969 bits per heavy atom. The quantitative estimate of drug-likeness (QED) is 0.348. The summed E-state index contributed by atoms with van der Waals surface area (Å²) in [6.45, 7) is 4.79. The maximum atomic E-state index is 12.7. The van der Waals surface area contributed by atoms with Gasteiger partial charge in [0.1, 0.15) is 18.2 Å². The highest BCUT2D eigenvalue weighted by Crippen LogP contribution is 2.30. The van der Waals surface area contributed by atoms with Crippen LogP contribution < -0.4 is 14.8 Å². The number of nitrogens with zero attached hydrogens (tertiary/aromatic N) is 1. The summed E-state index contributed by atoms with van der Waals surface area (Å²) in [5.41, 5.74) is 3.46. The molecule has 1 amide bonds. The maximum Gasteiger partial charge on any atom is 0.266 e. The first kappa shape index (κ1) is 22.6. The highest BCUT2D eigenvalue weighted by atomic mass is 16.5. The highest BCUT2D eigenvalue weighted by Gasteiger charge is 2.13. The Morgan fingerprint density at radius 3 is 2.44 bits per heavy atom. The third kappa shape index (κ3) is 5.99. The van der Waals surface area contributed by atoms with Gasteiger partial charge in [0.25, 0.3) is 5.91 Å². The molecule has 3 aromatic rings. The van der Waals surface area contributed by atoms with E-state index in [0.717, 1.165) is 17.5 Å². The molecule has 5 nitrogen and oxygen atoms in total. The van der Waals surface area contributed by atoms with Gasteiger partial charge in [-0.1, -0.05) is 61.5 Å². The molecule has 0 aliphatic rings. The fraction of sp³-hybridized carbons (Fsp3) is 0.185. The van der Waals surface area contributed by atoms with Crippen molar-refractivity contribution < 1.29 is 14.3 Å². The summed E-state index contributed by atoms with van der Waals surface area (Å²) in [5.74, 6) is 0.717. The SMILES string of the molecule is CCOc1cc(/C=C(\C#N)C(=O)Nc2ccccc2CC)ccc1OCc1ccccc1. The van der Waals surface area contributed by atoms with Gasteiger partial charge in [-0.25, -0.2) is 0 Å². The van der Waals surface area contributed by atoms with Gasteiger partial charge in [-0.3, -0.25) is 4.79 Å². The minimum atomic E-state index is -0.448. The zero-order valence-electron chi connectivity index (χ0n) is 18.3. The number of hydrogen-bond acceptors (Lipinski definition) is 4. The number of anilines is 1. The number of nitriles is 1. The number of aryl methyl sites for hydroxylation is 1. The summed E-state index contributed by atoms with van der Waals surface area (Å²) >= 11 is 0. The normalized spacial score (nSPS) is 10.8. The van der Waals surface area contributed by atoms with Crippen LogP contribution in [0.4, 0.5) is 5.69 Å². The molecule has 0 bridgehead atoms. The van der Waals surface area contributed by atoms with E-state index in [9.17, 15) is 10.1 Å². The van der Waals surface area contributed by atoms with E-state index in [4.69, 9.17) is 9.47 Å². The van der Waals surface area contributed by atoms with E-state index < -0.39 is 5.91 Å². The first-order valence-corrected chi connectivity index (χ1v) is 10.6. The van der Waals surface area contributed by atoms with Gasteiger partial charge >= 0.3 is 0 Å². The van der Waals surface area contributed by atoms with Crippen molar-refractivity contribution in [3.05, 3.63) is 95.1 Å². The zero-order valence-corrected chi connectivity index (χ0v) is 18.3. The Hall–Kier alpha value is -4.04. The first-order valence-electron chi connectivity index (χ1n) is 10.6. The molecule has 0 radical (unpaired) electrons. The Morgan fingerprint density at radius 2 is 1.72 bits per heavy atom. The topological polar surface area (TPSA) is 71.3 Å². The van der Waals surface area contributed by atoms with Crippen LogP contribution in [0.5, 0.6) is 11.5 Å². The van der Waals surface area contributed by atoms with Gasteiger partial charge in [-0.15, -0.1) is 0 Å². The minimum absolute atomic E-state index is 0.0105. The Balaban J connectivity index is 1.79. The van der Waals surface area contributed by atoms with Gasteiger partial charge in [0.05, 0.1) is 6.61 Å². The van der Waals surface area contributed by atoms with Crippen molar-refractivity contribution in [1.29, 1.82) is 5.26 Å². The molecule has 0 fully saturated rings. The summed E-state index contributed by atoms with van der Waals surface area (Å²) in [6, 6.07) is 24.8. The number of nitrogens with one attached hydrogen (secondary N) is 1. The minimum Gasteiger partial charge on any atom is -0.490 e. The lowest BCUT2D eigenvalue weighted by Gasteiger charge is -2.13. The zero-order chi connectivity index (χ0) is 22.8. The first-order chi connectivity index (χ1) is 15.6. The van der Waals surface area contributed by atoms with E-state index in [1.165, 1.54) is 0 Å². The molecule has 0 heterocycles. The smallest absolute Gasteiger partial charge is 0.266 e. The Labute approximate surface area is 188 Å². The van der Waals surface area contributed by atoms with Crippen LogP contribution in [0.1, 0.15) is 30.5 Å². The van der Waals surface area contributed by atoms with E-state index in [-0.39, 0.29) is 5.57 Å². The van der Waals surface area contributed by atoms with Crippen molar-refractivity contribution in [3.63, 3.8) is 0 Å². The van der Waals surface area contributed by atoms with Crippen molar-refractivity contribution in [1.82, 2.24) is 0 Å². The lowest BCUT2D eigenvalue weighted by Crippen LogP contribution is -2.14. The molecule has 162 valence electrons. The highest BCUT2D eigenvalue weighted by molar-refractivity contribution is 6.10. The van der Waals surface area contributed by atoms with Gasteiger partial charge in [-0.2, -0.15) is 5.26 Å². The Kier molecular flexibility index (Phi) is 8.05. The lowest BCUT2D eigenvalue weighted by atomic mass is 10.1. The second-order valence-corrected chi connectivity index (χ2v) is 7.05. The number of amides is 1. The maximum absolute atomic E-state index is 12.7. The molecule has 0 unspecified atom stereocenters. The number of benzene rings is 3. The number of carbonyl (C=O) groups is 1. The fourth-order valence-corrected chi connectivity index (χ4v) is 3.19. The van der Waals surface area contributed by atoms with Gasteiger partial charge in [0.2, 0.25) is 0 Å². The van der Waals surface area contributed by atoms with Crippen molar-refractivity contribution in [2.75, 3.05) is 11.9 Å². The average molecular weight is 427 g/mol. The molecule has 32 heavy (non-hydrogen) atoms. The molecule has 1 N–H and O–H groups in total. The number of carbonyl (C=O) groups excluding carboxylic acids is 1. The van der Waals surface area contributed by atoms with Crippen molar-refractivity contribution in [3.8, 4) is 17.6 Å². The molecule has 0 saturated heterocycles. The van der Waals surface area contributed by atoms with E-state index in [2.05, 4.69) is 5.32 Å². The van der Waals surface area contributed by atoms with Crippen molar-refractivity contribution in [2.24, 2.45) is 0 Å². The molecule has 0 saturated carbocycles. The van der Waals surface area contributed by atoms with Crippen LogP contribution in [0.2, 0.25) is 0 Å². The molecule has 0 aromatic heterocycles.